The molecule has 12 heteroatoms. The molecule has 0 bridgehead atoms. The number of nitrogens with two attached hydrogens (primary N) is 2. The minimum atomic E-state index is -1.14. The number of nitrogens with zero attached hydrogens (tertiary/aromatic N) is 3. The zero-order valence-corrected chi connectivity index (χ0v) is 22.7. The highest BCUT2D eigenvalue weighted by molar-refractivity contribution is 5.85. The zero-order valence-electron chi connectivity index (χ0n) is 22.7. The Morgan fingerprint density at radius 3 is 2.36 bits per heavy atom. The van der Waals surface area contributed by atoms with Gasteiger partial charge >= 0.3 is 6.09 Å². The van der Waals surface area contributed by atoms with Crippen molar-refractivity contribution in [1.29, 1.82) is 0 Å². The topological polar surface area (TPSA) is 176 Å². The largest absolute Gasteiger partial charge is 0.443 e. The Morgan fingerprint density at radius 1 is 1.00 bits per heavy atom. The van der Waals surface area contributed by atoms with E-state index in [1.165, 1.54) is 0 Å². The van der Waals surface area contributed by atoms with Gasteiger partial charge in [-0.05, 0) is 43.9 Å². The number of carbonyl (C=O) groups is 3. The lowest BCUT2D eigenvalue weighted by molar-refractivity contribution is -0.126. The van der Waals surface area contributed by atoms with E-state index in [1.807, 2.05) is 44.2 Å². The number of hydrogen-bond acceptors (Lipinski definition) is 8. The summed E-state index contributed by atoms with van der Waals surface area (Å²) in [5, 5.41) is 14.0. The normalized spacial score (nSPS) is 13.2. The highest BCUT2D eigenvalue weighted by Crippen LogP contribution is 2.19. The molecular formula is C27H37N7O5. The Labute approximate surface area is 227 Å². The third kappa shape index (κ3) is 8.48. The maximum Gasteiger partial charge on any atom is 0.408 e. The summed E-state index contributed by atoms with van der Waals surface area (Å²) in [6.07, 6.45) is -0.399. The van der Waals surface area contributed by atoms with Crippen LogP contribution in [0.3, 0.4) is 0 Å². The lowest BCUT2D eigenvalue weighted by Gasteiger charge is -2.24. The minimum absolute atomic E-state index is 0.0860. The Kier molecular flexibility index (Phi) is 9.96. The smallest absolute Gasteiger partial charge is 0.408 e. The zero-order chi connectivity index (χ0) is 28.6. The Hall–Kier alpha value is -4.03. The second-order valence-electron chi connectivity index (χ2n) is 10.3. The molecular weight excluding hydrogens is 502 g/mol. The predicted octanol–water partition coefficient (Wildman–Crippen LogP) is 1.97. The van der Waals surface area contributed by atoms with E-state index in [0.717, 1.165) is 5.56 Å². The molecule has 0 radical (unpaired) electrons. The molecule has 0 saturated heterocycles. The van der Waals surface area contributed by atoms with Crippen LogP contribution in [0.4, 0.5) is 4.79 Å². The number of nitrogens with one attached hydrogen (secondary N) is 2. The van der Waals surface area contributed by atoms with Gasteiger partial charge in [0, 0.05) is 0 Å². The van der Waals surface area contributed by atoms with Crippen LogP contribution in [0.5, 0.6) is 0 Å². The molecule has 0 fully saturated rings. The molecule has 0 aliphatic carbocycles. The van der Waals surface area contributed by atoms with E-state index in [4.69, 9.17) is 20.9 Å². The number of primary amides is 1. The standard InChI is InChI=1S/C27H37N7O5/c1-17(2)13-20(23(28)35)31-26(37)39-15-19-11-8-12-22-32-33-24(34(19)22)21(30-25(36)27(3,4)29)16-38-14-18-9-6-5-7-10-18/h5-12,17,20-21H,13-16,29H2,1-4H3,(H2,28,35)(H,30,36)(H,31,37)/t20-,21+/m0/s1. The number of fused-ring (bicyclic) bond motifs is 1. The number of ether oxygens (including phenoxy) is 2. The molecule has 1 aromatic carbocycles. The van der Waals surface area contributed by atoms with Gasteiger partial charge in [0.05, 0.1) is 24.4 Å². The van der Waals surface area contributed by atoms with Gasteiger partial charge < -0.3 is 31.6 Å². The second kappa shape index (κ2) is 13.2. The summed E-state index contributed by atoms with van der Waals surface area (Å²) in [7, 11) is 0. The molecule has 0 aliphatic heterocycles. The van der Waals surface area contributed by atoms with Crippen molar-refractivity contribution < 1.29 is 23.9 Å². The van der Waals surface area contributed by atoms with Crippen molar-refractivity contribution in [3.05, 3.63) is 65.6 Å². The van der Waals surface area contributed by atoms with Crippen molar-refractivity contribution in [3.8, 4) is 0 Å². The van der Waals surface area contributed by atoms with E-state index in [2.05, 4.69) is 20.8 Å². The molecule has 39 heavy (non-hydrogen) atoms. The van der Waals surface area contributed by atoms with Crippen LogP contribution in [0, 0.1) is 5.92 Å². The fourth-order valence-electron chi connectivity index (χ4n) is 3.80. The molecule has 0 saturated carbocycles. The fraction of sp³-hybridized carbons (Fsp3) is 0.444. The van der Waals surface area contributed by atoms with Gasteiger partial charge in [0.15, 0.2) is 11.5 Å². The van der Waals surface area contributed by atoms with E-state index in [1.54, 1.807) is 36.4 Å². The van der Waals surface area contributed by atoms with Crippen LogP contribution in [0.15, 0.2) is 48.5 Å². The summed E-state index contributed by atoms with van der Waals surface area (Å²) < 4.78 is 13.0. The van der Waals surface area contributed by atoms with E-state index in [-0.39, 0.29) is 19.1 Å². The molecule has 6 N–H and O–H groups in total. The van der Waals surface area contributed by atoms with Crippen LogP contribution in [0.25, 0.3) is 5.65 Å². The van der Waals surface area contributed by atoms with E-state index in [9.17, 15) is 14.4 Å². The van der Waals surface area contributed by atoms with Gasteiger partial charge in [-0.15, -0.1) is 10.2 Å². The second-order valence-corrected chi connectivity index (χ2v) is 10.3. The number of rotatable bonds is 13. The summed E-state index contributed by atoms with van der Waals surface area (Å²) in [5.41, 5.74) is 12.3. The number of aromatic nitrogens is 3. The molecule has 3 amide bonds. The molecule has 0 spiro atoms. The highest BCUT2D eigenvalue weighted by Gasteiger charge is 2.29. The van der Waals surface area contributed by atoms with E-state index < -0.39 is 35.5 Å². The first-order valence-electron chi connectivity index (χ1n) is 12.7. The van der Waals surface area contributed by atoms with Crippen LogP contribution in [-0.2, 0) is 32.3 Å². The van der Waals surface area contributed by atoms with E-state index in [0.29, 0.717) is 30.2 Å². The number of pyridine rings is 1. The molecule has 0 aliphatic rings. The van der Waals surface area contributed by atoms with Gasteiger partial charge in [-0.3, -0.25) is 14.0 Å². The summed E-state index contributed by atoms with van der Waals surface area (Å²) in [4.78, 5) is 37.0. The van der Waals surface area contributed by atoms with Crippen molar-refractivity contribution in [1.82, 2.24) is 25.2 Å². The molecule has 210 valence electrons. The molecule has 2 heterocycles. The van der Waals surface area contributed by atoms with Crippen LogP contribution in [-0.4, -0.2) is 50.7 Å². The maximum atomic E-state index is 12.8. The molecule has 2 aromatic heterocycles. The van der Waals surface area contributed by atoms with Gasteiger partial charge in [0.25, 0.3) is 0 Å². The molecule has 12 nitrogen and oxygen atoms in total. The van der Waals surface area contributed by atoms with Gasteiger partial charge in [-0.1, -0.05) is 50.2 Å². The third-order valence-electron chi connectivity index (χ3n) is 5.83. The number of amides is 3. The molecule has 3 aromatic rings. The van der Waals surface area contributed by atoms with Crippen LogP contribution >= 0.6 is 0 Å². The van der Waals surface area contributed by atoms with Gasteiger partial charge in [-0.25, -0.2) is 4.79 Å². The van der Waals surface area contributed by atoms with Crippen molar-refractivity contribution >= 4 is 23.6 Å². The SMILES string of the molecule is CC(C)C[C@H](NC(=O)OCc1cccc2nnc([C@@H](COCc3ccccc3)NC(=O)C(C)(C)N)n12)C(N)=O. The van der Waals surface area contributed by atoms with Crippen molar-refractivity contribution in [3.63, 3.8) is 0 Å². The lowest BCUT2D eigenvalue weighted by atomic mass is 10.0. The maximum absolute atomic E-state index is 12.8. The Morgan fingerprint density at radius 2 is 1.72 bits per heavy atom. The van der Waals surface area contributed by atoms with Crippen LogP contribution in [0.1, 0.15) is 57.2 Å². The average molecular weight is 540 g/mol. The first-order valence-corrected chi connectivity index (χ1v) is 12.7. The van der Waals surface area contributed by atoms with Crippen molar-refractivity contribution in [2.24, 2.45) is 17.4 Å². The number of hydrogen-bond donors (Lipinski definition) is 4. The molecule has 2 atom stereocenters. The number of carbonyl (C=O) groups excluding carboxylic acids is 3. The van der Waals surface area contributed by atoms with Crippen LogP contribution in [0.2, 0.25) is 0 Å². The first-order chi connectivity index (χ1) is 18.5. The number of benzene rings is 1. The lowest BCUT2D eigenvalue weighted by Crippen LogP contribution is -2.51. The summed E-state index contributed by atoms with van der Waals surface area (Å²) >= 11 is 0. The molecule has 0 unspecified atom stereocenters. The third-order valence-corrected chi connectivity index (χ3v) is 5.83. The van der Waals surface area contributed by atoms with Gasteiger partial charge in [0.2, 0.25) is 11.8 Å². The Balaban J connectivity index is 1.81. The molecule has 3 rings (SSSR count). The van der Waals surface area contributed by atoms with Crippen molar-refractivity contribution in [2.45, 2.75) is 65.0 Å². The van der Waals surface area contributed by atoms with Gasteiger partial charge in [-0.2, -0.15) is 0 Å². The first kappa shape index (κ1) is 29.5. The highest BCUT2D eigenvalue weighted by atomic mass is 16.5. The fourth-order valence-corrected chi connectivity index (χ4v) is 3.80. The van der Waals surface area contributed by atoms with Crippen LogP contribution < -0.4 is 22.1 Å². The summed E-state index contributed by atoms with van der Waals surface area (Å²) in [5.74, 6) is -0.514. The predicted molar refractivity (Wildman–Crippen MR) is 144 cm³/mol. The van der Waals surface area contributed by atoms with E-state index >= 15 is 0 Å². The van der Waals surface area contributed by atoms with Crippen molar-refractivity contribution in [2.75, 3.05) is 6.61 Å². The monoisotopic (exact) mass is 539 g/mol. The minimum Gasteiger partial charge on any atom is -0.443 e. The summed E-state index contributed by atoms with van der Waals surface area (Å²) in [6.45, 7) is 7.29. The summed E-state index contributed by atoms with van der Waals surface area (Å²) in [6, 6.07) is 13.3. The average Bonchev–Trinajstić information content (AvgIpc) is 3.31. The number of alkyl carbamates (subject to hydrolysis) is 1. The quantitative estimate of drug-likeness (QED) is 0.255. The Bertz CT molecular complexity index is 1270. The van der Waals surface area contributed by atoms with Gasteiger partial charge in [0.1, 0.15) is 18.7 Å².